The Morgan fingerprint density at radius 2 is 1.96 bits per heavy atom. The molecular weight excluding hydrogens is 334 g/mol. The van der Waals surface area contributed by atoms with Crippen LogP contribution in [-0.2, 0) is 4.79 Å². The van der Waals surface area contributed by atoms with Gasteiger partial charge in [0.15, 0.2) is 0 Å². The molecule has 0 radical (unpaired) electrons. The Morgan fingerprint density at radius 1 is 1.30 bits per heavy atom. The molecule has 2 rings (SSSR count). The van der Waals surface area contributed by atoms with Crippen LogP contribution in [0.5, 0.6) is 0 Å². The highest BCUT2D eigenvalue weighted by atomic mass is 35.5. The minimum absolute atomic E-state index is 0. The van der Waals surface area contributed by atoms with Gasteiger partial charge in [-0.25, -0.2) is 0 Å². The van der Waals surface area contributed by atoms with Crippen LogP contribution in [0.25, 0.3) is 0 Å². The quantitative estimate of drug-likeness (QED) is 0.846. The number of hydrogen-bond acceptors (Lipinski definition) is 4. The first-order valence-corrected chi connectivity index (χ1v) is 8.71. The zero-order chi connectivity index (χ0) is 16.1. The molecule has 0 aromatic carbocycles. The van der Waals surface area contributed by atoms with Crippen LogP contribution in [0.2, 0.25) is 0 Å². The zero-order valence-electron chi connectivity index (χ0n) is 13.9. The van der Waals surface area contributed by atoms with E-state index in [4.69, 9.17) is 0 Å². The highest BCUT2D eigenvalue weighted by Gasteiger charge is 2.31. The van der Waals surface area contributed by atoms with Gasteiger partial charge in [-0.05, 0) is 37.3 Å². The fourth-order valence-corrected chi connectivity index (χ4v) is 3.35. The van der Waals surface area contributed by atoms with E-state index in [1.807, 2.05) is 37.2 Å². The Labute approximate surface area is 148 Å². The van der Waals surface area contributed by atoms with Crippen LogP contribution in [0.3, 0.4) is 0 Å². The molecule has 1 unspecified atom stereocenters. The molecule has 1 saturated heterocycles. The summed E-state index contributed by atoms with van der Waals surface area (Å²) < 4.78 is 0. The van der Waals surface area contributed by atoms with Crippen molar-refractivity contribution in [2.45, 2.75) is 38.8 Å². The van der Waals surface area contributed by atoms with Crippen LogP contribution in [0.4, 0.5) is 0 Å². The summed E-state index contributed by atoms with van der Waals surface area (Å²) in [5.41, 5.74) is 0. The molecule has 1 aromatic heterocycles. The first-order chi connectivity index (χ1) is 10.5. The lowest BCUT2D eigenvalue weighted by Crippen LogP contribution is -2.54. The third-order valence-electron chi connectivity index (χ3n) is 4.18. The van der Waals surface area contributed by atoms with Crippen LogP contribution in [0.15, 0.2) is 17.5 Å². The molecule has 2 amide bonds. The number of halogens is 1. The molecule has 1 atom stereocenters. The zero-order valence-corrected chi connectivity index (χ0v) is 15.5. The summed E-state index contributed by atoms with van der Waals surface area (Å²) in [5, 5.41) is 8.03. The van der Waals surface area contributed by atoms with Gasteiger partial charge in [-0.15, -0.1) is 23.7 Å². The van der Waals surface area contributed by atoms with Gasteiger partial charge >= 0.3 is 0 Å². The molecule has 130 valence electrons. The highest BCUT2D eigenvalue weighted by Crippen LogP contribution is 2.15. The second-order valence-electron chi connectivity index (χ2n) is 6.06. The number of nitrogens with zero attached hydrogens (tertiary/aromatic N) is 1. The van der Waals surface area contributed by atoms with Crippen molar-refractivity contribution in [2.24, 2.45) is 5.92 Å². The van der Waals surface area contributed by atoms with E-state index in [2.05, 4.69) is 10.6 Å². The highest BCUT2D eigenvalue weighted by molar-refractivity contribution is 7.12. The monoisotopic (exact) mass is 359 g/mol. The van der Waals surface area contributed by atoms with E-state index >= 15 is 0 Å². The number of nitrogens with one attached hydrogen (secondary N) is 2. The van der Waals surface area contributed by atoms with Crippen molar-refractivity contribution in [2.75, 3.05) is 20.1 Å². The van der Waals surface area contributed by atoms with Crippen molar-refractivity contribution in [3.05, 3.63) is 22.4 Å². The Balaban J connectivity index is 0.00000264. The molecule has 1 aliphatic rings. The third kappa shape index (κ3) is 5.19. The number of carbonyl (C=O) groups is 2. The largest absolute Gasteiger partial charge is 0.341 e. The lowest BCUT2D eigenvalue weighted by atomic mass is 9.99. The Kier molecular flexibility index (Phi) is 8.02. The Hall–Kier alpha value is -1.11. The second kappa shape index (κ2) is 9.25. The van der Waals surface area contributed by atoms with E-state index < -0.39 is 6.04 Å². The smallest absolute Gasteiger partial charge is 0.262 e. The van der Waals surface area contributed by atoms with Crippen molar-refractivity contribution >= 4 is 35.6 Å². The molecule has 0 aliphatic carbocycles. The number of likely N-dealkylation sites (tertiary alicyclic amines) is 1. The molecule has 2 N–H and O–H groups in total. The molecule has 0 saturated carbocycles. The van der Waals surface area contributed by atoms with Crippen LogP contribution in [0.1, 0.15) is 36.4 Å². The number of carbonyl (C=O) groups excluding carboxylic acids is 2. The van der Waals surface area contributed by atoms with E-state index in [1.165, 1.54) is 11.3 Å². The fourth-order valence-electron chi connectivity index (χ4n) is 2.72. The maximum atomic E-state index is 12.7. The van der Waals surface area contributed by atoms with Gasteiger partial charge < -0.3 is 15.5 Å². The van der Waals surface area contributed by atoms with E-state index in [0.29, 0.717) is 10.9 Å². The molecule has 23 heavy (non-hydrogen) atoms. The summed E-state index contributed by atoms with van der Waals surface area (Å²) in [5.74, 6) is -0.0555. The first kappa shape index (κ1) is 19.9. The predicted molar refractivity (Wildman–Crippen MR) is 96.3 cm³/mol. The van der Waals surface area contributed by atoms with Gasteiger partial charge in [-0.1, -0.05) is 19.9 Å². The maximum absolute atomic E-state index is 12.7. The normalized spacial score (nSPS) is 16.8. The van der Waals surface area contributed by atoms with E-state index in [0.717, 1.165) is 25.9 Å². The third-order valence-corrected chi connectivity index (χ3v) is 5.05. The van der Waals surface area contributed by atoms with Crippen molar-refractivity contribution in [3.8, 4) is 0 Å². The molecule has 1 fully saturated rings. The summed E-state index contributed by atoms with van der Waals surface area (Å²) in [7, 11) is 1.96. The summed E-state index contributed by atoms with van der Waals surface area (Å²) >= 11 is 1.39. The van der Waals surface area contributed by atoms with E-state index in [9.17, 15) is 9.59 Å². The molecular formula is C16H26ClN3O2S. The molecule has 7 heteroatoms. The van der Waals surface area contributed by atoms with Gasteiger partial charge in [0.2, 0.25) is 5.91 Å². The fraction of sp³-hybridized carbons (Fsp3) is 0.625. The lowest BCUT2D eigenvalue weighted by molar-refractivity contribution is -0.135. The first-order valence-electron chi connectivity index (χ1n) is 7.83. The average Bonchev–Trinajstić information content (AvgIpc) is 3.06. The van der Waals surface area contributed by atoms with Gasteiger partial charge in [0.1, 0.15) is 6.04 Å². The van der Waals surface area contributed by atoms with Crippen molar-refractivity contribution in [1.29, 1.82) is 0 Å². The minimum atomic E-state index is -0.458. The molecule has 1 aliphatic heterocycles. The number of rotatable bonds is 5. The topological polar surface area (TPSA) is 61.4 Å². The number of piperidine rings is 1. The number of amides is 2. The van der Waals surface area contributed by atoms with Gasteiger partial charge in [0.25, 0.3) is 5.91 Å². The van der Waals surface area contributed by atoms with Crippen LogP contribution < -0.4 is 10.6 Å². The maximum Gasteiger partial charge on any atom is 0.262 e. The average molecular weight is 360 g/mol. The molecule has 1 aromatic rings. The van der Waals surface area contributed by atoms with Crippen LogP contribution in [-0.4, -0.2) is 48.9 Å². The molecule has 2 heterocycles. The van der Waals surface area contributed by atoms with Crippen LogP contribution >= 0.6 is 23.7 Å². The van der Waals surface area contributed by atoms with Gasteiger partial charge in [0.05, 0.1) is 4.88 Å². The number of thiophene rings is 1. The predicted octanol–water partition coefficient (Wildman–Crippen LogP) is 2.13. The van der Waals surface area contributed by atoms with Crippen LogP contribution in [0, 0.1) is 5.92 Å². The Bertz CT molecular complexity index is 499. The number of hydrogen-bond donors (Lipinski definition) is 2. The van der Waals surface area contributed by atoms with Crippen molar-refractivity contribution in [3.63, 3.8) is 0 Å². The van der Waals surface area contributed by atoms with Crippen molar-refractivity contribution < 1.29 is 9.59 Å². The second-order valence-corrected chi connectivity index (χ2v) is 7.01. The van der Waals surface area contributed by atoms with E-state index in [1.54, 1.807) is 6.07 Å². The van der Waals surface area contributed by atoms with Crippen molar-refractivity contribution in [1.82, 2.24) is 15.5 Å². The van der Waals surface area contributed by atoms with E-state index in [-0.39, 0.29) is 30.1 Å². The molecule has 0 bridgehead atoms. The molecule has 5 nitrogen and oxygen atoms in total. The molecule has 0 spiro atoms. The summed E-state index contributed by atoms with van der Waals surface area (Å²) in [6.45, 7) is 5.44. The SMILES string of the molecule is CNC1CCN(C(=O)C(NC(=O)c2cccs2)C(C)C)CC1.Cl. The van der Waals surface area contributed by atoms with Gasteiger partial charge in [-0.3, -0.25) is 9.59 Å². The standard InChI is InChI=1S/C16H25N3O2S.ClH/c1-11(2)14(18-15(20)13-5-4-10-22-13)16(21)19-8-6-12(17-3)7-9-19;/h4-5,10-12,14,17H,6-9H2,1-3H3,(H,18,20);1H. The summed E-state index contributed by atoms with van der Waals surface area (Å²) in [6, 6.07) is 3.65. The Morgan fingerprint density at radius 3 is 2.43 bits per heavy atom. The van der Waals surface area contributed by atoms with Gasteiger partial charge in [0, 0.05) is 19.1 Å². The summed E-state index contributed by atoms with van der Waals surface area (Å²) in [4.78, 5) is 27.5. The minimum Gasteiger partial charge on any atom is -0.341 e. The summed E-state index contributed by atoms with van der Waals surface area (Å²) in [6.07, 6.45) is 1.93. The van der Waals surface area contributed by atoms with Gasteiger partial charge in [-0.2, -0.15) is 0 Å². The lowest BCUT2D eigenvalue weighted by Gasteiger charge is -2.35.